The molecular weight excluding hydrogens is 534 g/mol. The van der Waals surface area contributed by atoms with Crippen molar-refractivity contribution in [1.29, 1.82) is 0 Å². The normalized spacial score (nSPS) is 10.9. The van der Waals surface area contributed by atoms with E-state index in [0.717, 1.165) is 21.7 Å². The topological polar surface area (TPSA) is 96.5 Å². The quantitative estimate of drug-likeness (QED) is 0.142. The summed E-state index contributed by atoms with van der Waals surface area (Å²) in [7, 11) is 0. The van der Waals surface area contributed by atoms with Crippen LogP contribution in [-0.4, -0.2) is 30.1 Å². The highest BCUT2D eigenvalue weighted by Gasteiger charge is 2.15. The Balaban J connectivity index is 1.46. The van der Waals surface area contributed by atoms with Gasteiger partial charge in [-0.25, -0.2) is 0 Å². The molecule has 0 bridgehead atoms. The van der Waals surface area contributed by atoms with E-state index in [1.807, 2.05) is 62.4 Å². The molecule has 208 valence electrons. The van der Waals surface area contributed by atoms with Crippen molar-refractivity contribution in [2.45, 2.75) is 18.7 Å². The van der Waals surface area contributed by atoms with E-state index in [1.54, 1.807) is 60.7 Å². The van der Waals surface area contributed by atoms with Crippen LogP contribution in [0.1, 0.15) is 28.4 Å². The lowest BCUT2D eigenvalue weighted by Gasteiger charge is -2.12. The molecule has 3 amide bonds. The van der Waals surface area contributed by atoms with Crippen molar-refractivity contribution in [2.75, 3.05) is 23.0 Å². The van der Waals surface area contributed by atoms with E-state index in [2.05, 4.69) is 16.0 Å². The van der Waals surface area contributed by atoms with Crippen LogP contribution in [0.3, 0.4) is 0 Å². The first-order chi connectivity index (χ1) is 19.9. The van der Waals surface area contributed by atoms with Crippen molar-refractivity contribution in [3.8, 4) is 5.75 Å². The van der Waals surface area contributed by atoms with Gasteiger partial charge in [-0.15, -0.1) is 11.8 Å². The van der Waals surface area contributed by atoms with Gasteiger partial charge in [-0.05, 0) is 85.6 Å². The van der Waals surface area contributed by atoms with Gasteiger partial charge in [0.2, 0.25) is 5.91 Å². The number of carbonyl (C=O) groups excluding carboxylic acids is 3. The summed E-state index contributed by atoms with van der Waals surface area (Å²) in [5, 5.41) is 8.50. The zero-order valence-corrected chi connectivity index (χ0v) is 23.7. The lowest BCUT2D eigenvalue weighted by atomic mass is 10.1. The summed E-state index contributed by atoms with van der Waals surface area (Å²) >= 11 is 1.36. The Morgan fingerprint density at radius 1 is 0.805 bits per heavy atom. The molecule has 0 atom stereocenters. The first-order valence-electron chi connectivity index (χ1n) is 13.1. The van der Waals surface area contributed by atoms with Crippen LogP contribution < -0.4 is 20.7 Å². The van der Waals surface area contributed by atoms with Gasteiger partial charge in [0.1, 0.15) is 11.4 Å². The number of hydrogen-bond acceptors (Lipinski definition) is 5. The standard InChI is InChI=1S/C33H31N3O4S/c1-3-40-28-17-15-24(16-18-28)20-30(36-32(38)25-10-5-4-6-11-25)33(39)35-27-13-8-14-29(21-27)41-22-31(37)34-26-12-7-9-23(2)19-26/h4-21H,3,22H2,1-2H3,(H,34,37)(H,35,39)(H,36,38)/b30-20+. The molecule has 4 rings (SSSR count). The number of hydrogen-bond donors (Lipinski definition) is 3. The highest BCUT2D eigenvalue weighted by molar-refractivity contribution is 8.00. The molecule has 3 N–H and O–H groups in total. The Hall–Kier alpha value is -4.82. The number of rotatable bonds is 11. The number of anilines is 2. The van der Waals surface area contributed by atoms with Gasteiger partial charge >= 0.3 is 0 Å². The van der Waals surface area contributed by atoms with Crippen LogP contribution >= 0.6 is 11.8 Å². The summed E-state index contributed by atoms with van der Waals surface area (Å²) in [6.07, 6.45) is 1.61. The van der Waals surface area contributed by atoms with Gasteiger partial charge in [0.15, 0.2) is 0 Å². The molecule has 0 saturated heterocycles. The molecular formula is C33H31N3O4S. The van der Waals surface area contributed by atoms with Crippen LogP contribution in [0.25, 0.3) is 6.08 Å². The first-order valence-corrected chi connectivity index (χ1v) is 14.1. The number of amides is 3. The summed E-state index contributed by atoms with van der Waals surface area (Å²) in [4.78, 5) is 39.5. The molecule has 4 aromatic rings. The molecule has 7 nitrogen and oxygen atoms in total. The first kappa shape index (κ1) is 29.2. The SMILES string of the molecule is CCOc1ccc(/C=C(/NC(=O)c2ccccc2)C(=O)Nc2cccc(SCC(=O)Nc3cccc(C)c3)c2)cc1. The van der Waals surface area contributed by atoms with Gasteiger partial charge < -0.3 is 20.7 Å². The maximum atomic E-state index is 13.4. The molecule has 0 saturated carbocycles. The smallest absolute Gasteiger partial charge is 0.272 e. The second-order valence-corrected chi connectivity index (χ2v) is 10.1. The molecule has 0 aliphatic carbocycles. The van der Waals surface area contributed by atoms with E-state index in [0.29, 0.717) is 23.6 Å². The van der Waals surface area contributed by atoms with Crippen molar-refractivity contribution in [1.82, 2.24) is 5.32 Å². The predicted molar refractivity (Wildman–Crippen MR) is 165 cm³/mol. The number of ether oxygens (including phenoxy) is 1. The molecule has 0 radical (unpaired) electrons. The van der Waals surface area contributed by atoms with Gasteiger partial charge in [0.25, 0.3) is 11.8 Å². The van der Waals surface area contributed by atoms with Crippen molar-refractivity contribution >= 4 is 46.9 Å². The third-order valence-electron chi connectivity index (χ3n) is 5.79. The third kappa shape index (κ3) is 9.12. The average molecular weight is 566 g/mol. The van der Waals surface area contributed by atoms with Crippen molar-refractivity contribution in [3.63, 3.8) is 0 Å². The maximum absolute atomic E-state index is 13.4. The Bertz CT molecular complexity index is 1540. The Kier molecular flexibility index (Phi) is 10.3. The number of carbonyl (C=O) groups is 3. The largest absolute Gasteiger partial charge is 0.494 e. The van der Waals surface area contributed by atoms with Gasteiger partial charge in [-0.1, -0.05) is 48.5 Å². The number of thioether (sulfide) groups is 1. The average Bonchev–Trinajstić information content (AvgIpc) is 2.97. The van der Waals surface area contributed by atoms with Gasteiger partial charge in [-0.3, -0.25) is 14.4 Å². The molecule has 0 spiro atoms. The van der Waals surface area contributed by atoms with E-state index in [4.69, 9.17) is 4.74 Å². The zero-order chi connectivity index (χ0) is 29.0. The maximum Gasteiger partial charge on any atom is 0.272 e. The van der Waals surface area contributed by atoms with Crippen LogP contribution in [0.15, 0.2) is 114 Å². The molecule has 0 aromatic heterocycles. The monoisotopic (exact) mass is 565 g/mol. The fourth-order valence-electron chi connectivity index (χ4n) is 3.87. The van der Waals surface area contributed by atoms with E-state index in [9.17, 15) is 14.4 Å². The summed E-state index contributed by atoms with van der Waals surface area (Å²) in [5.74, 6) is -0.0871. The second kappa shape index (κ2) is 14.5. The van der Waals surface area contributed by atoms with Crippen molar-refractivity contribution in [2.24, 2.45) is 0 Å². The lowest BCUT2D eigenvalue weighted by molar-refractivity contribution is -0.114. The Morgan fingerprint density at radius 3 is 2.22 bits per heavy atom. The molecule has 0 unspecified atom stereocenters. The summed E-state index contributed by atoms with van der Waals surface area (Å²) in [6.45, 7) is 4.42. The highest BCUT2D eigenvalue weighted by Crippen LogP contribution is 2.23. The minimum absolute atomic E-state index is 0.0820. The highest BCUT2D eigenvalue weighted by atomic mass is 32.2. The molecule has 8 heteroatoms. The van der Waals surface area contributed by atoms with Crippen LogP contribution in [0.5, 0.6) is 5.75 Å². The van der Waals surface area contributed by atoms with E-state index in [-0.39, 0.29) is 17.4 Å². The Morgan fingerprint density at radius 2 is 1.51 bits per heavy atom. The summed E-state index contributed by atoms with van der Waals surface area (Å²) in [6, 6.07) is 30.8. The minimum Gasteiger partial charge on any atom is -0.494 e. The van der Waals surface area contributed by atoms with E-state index in [1.165, 1.54) is 11.8 Å². The van der Waals surface area contributed by atoms with Crippen LogP contribution in [0, 0.1) is 6.92 Å². The van der Waals surface area contributed by atoms with Crippen LogP contribution in [0.4, 0.5) is 11.4 Å². The third-order valence-corrected chi connectivity index (χ3v) is 6.79. The summed E-state index contributed by atoms with van der Waals surface area (Å²) < 4.78 is 5.50. The number of benzene rings is 4. The molecule has 0 fully saturated rings. The van der Waals surface area contributed by atoms with Gasteiger partial charge in [0.05, 0.1) is 12.4 Å². The van der Waals surface area contributed by atoms with Gasteiger partial charge in [-0.2, -0.15) is 0 Å². The molecule has 0 heterocycles. The molecule has 4 aromatic carbocycles. The van der Waals surface area contributed by atoms with Crippen molar-refractivity contribution < 1.29 is 19.1 Å². The zero-order valence-electron chi connectivity index (χ0n) is 22.8. The van der Waals surface area contributed by atoms with E-state index < -0.39 is 11.8 Å². The number of aryl methyl sites for hydroxylation is 1. The predicted octanol–water partition coefficient (Wildman–Crippen LogP) is 6.53. The lowest BCUT2D eigenvalue weighted by Crippen LogP contribution is -2.30. The molecule has 41 heavy (non-hydrogen) atoms. The molecule has 0 aliphatic rings. The number of nitrogens with one attached hydrogen (secondary N) is 3. The summed E-state index contributed by atoms with van der Waals surface area (Å²) in [5.41, 5.74) is 3.58. The van der Waals surface area contributed by atoms with Gasteiger partial charge in [0, 0.05) is 21.8 Å². The fourth-order valence-corrected chi connectivity index (χ4v) is 4.62. The second-order valence-electron chi connectivity index (χ2n) is 9.07. The van der Waals surface area contributed by atoms with Crippen molar-refractivity contribution in [3.05, 3.63) is 126 Å². The molecule has 0 aliphatic heterocycles. The fraction of sp³-hybridized carbons (Fsp3) is 0.121. The minimum atomic E-state index is -0.484. The van der Waals surface area contributed by atoms with E-state index >= 15 is 0 Å². The van der Waals surface area contributed by atoms with Crippen LogP contribution in [-0.2, 0) is 9.59 Å². The Labute approximate surface area is 244 Å². The van der Waals surface area contributed by atoms with Crippen LogP contribution in [0.2, 0.25) is 0 Å².